The lowest BCUT2D eigenvalue weighted by atomic mass is 9.81. The SMILES string of the molecule is CCOc1cnc(N2CCCC[C@](C)(Cn3cnc4ccc(C#N)cc43)CCOC2=O)cn1. The molecule has 172 valence electrons. The van der Waals surface area contributed by atoms with Gasteiger partial charge in [0.15, 0.2) is 5.82 Å². The van der Waals surface area contributed by atoms with Crippen molar-refractivity contribution in [2.75, 3.05) is 24.7 Å². The Kier molecular flexibility index (Phi) is 6.73. The first-order valence-corrected chi connectivity index (χ1v) is 11.3. The highest BCUT2D eigenvalue weighted by molar-refractivity contribution is 5.86. The summed E-state index contributed by atoms with van der Waals surface area (Å²) in [5.41, 5.74) is 2.37. The molecule has 9 nitrogen and oxygen atoms in total. The Morgan fingerprint density at radius 2 is 2.09 bits per heavy atom. The number of fused-ring (bicyclic) bond motifs is 1. The third kappa shape index (κ3) is 5.22. The summed E-state index contributed by atoms with van der Waals surface area (Å²) in [6.07, 6.45) is 7.96. The van der Waals surface area contributed by atoms with Gasteiger partial charge in [0.2, 0.25) is 5.88 Å². The Morgan fingerprint density at radius 1 is 1.21 bits per heavy atom. The molecule has 3 heterocycles. The molecule has 3 aromatic rings. The van der Waals surface area contributed by atoms with E-state index < -0.39 is 6.09 Å². The molecule has 0 aliphatic carbocycles. The van der Waals surface area contributed by atoms with Gasteiger partial charge in [-0.3, -0.25) is 4.90 Å². The Hall–Kier alpha value is -3.67. The molecule has 2 aromatic heterocycles. The second-order valence-corrected chi connectivity index (χ2v) is 8.62. The molecule has 0 bridgehead atoms. The maximum absolute atomic E-state index is 12.8. The van der Waals surface area contributed by atoms with Gasteiger partial charge in [0, 0.05) is 13.1 Å². The van der Waals surface area contributed by atoms with Crippen molar-refractivity contribution in [2.24, 2.45) is 5.41 Å². The van der Waals surface area contributed by atoms with Crippen LogP contribution in [0.4, 0.5) is 10.6 Å². The summed E-state index contributed by atoms with van der Waals surface area (Å²) >= 11 is 0. The first kappa shape index (κ1) is 22.5. The fourth-order valence-corrected chi connectivity index (χ4v) is 4.20. The maximum atomic E-state index is 12.8. The number of amides is 1. The summed E-state index contributed by atoms with van der Waals surface area (Å²) in [4.78, 5) is 27.3. The number of nitriles is 1. The van der Waals surface area contributed by atoms with Crippen LogP contribution in [0.5, 0.6) is 5.88 Å². The van der Waals surface area contributed by atoms with E-state index in [2.05, 4.69) is 32.5 Å². The monoisotopic (exact) mass is 448 g/mol. The Morgan fingerprint density at radius 3 is 2.85 bits per heavy atom. The van der Waals surface area contributed by atoms with E-state index in [-0.39, 0.29) is 5.41 Å². The largest absolute Gasteiger partial charge is 0.477 e. The zero-order valence-corrected chi connectivity index (χ0v) is 19.0. The standard InChI is InChI=1S/C24H28N6O3/c1-3-32-22-15-26-21(14-27-22)30-10-5-4-8-24(2,9-11-33-23(30)31)16-29-17-28-19-7-6-18(13-25)12-20(19)29/h6-7,12,14-15,17H,3-5,8-11,16H2,1-2H3/t24-/m0/s1. The van der Waals surface area contributed by atoms with Gasteiger partial charge in [0.25, 0.3) is 0 Å². The summed E-state index contributed by atoms with van der Waals surface area (Å²) < 4.78 is 13.1. The average Bonchev–Trinajstić information content (AvgIpc) is 3.21. The van der Waals surface area contributed by atoms with Gasteiger partial charge in [-0.05, 0) is 49.8 Å². The van der Waals surface area contributed by atoms with Gasteiger partial charge in [-0.2, -0.15) is 5.26 Å². The number of anilines is 1. The molecule has 1 aliphatic heterocycles. The van der Waals surface area contributed by atoms with Crippen LogP contribution in [0.25, 0.3) is 11.0 Å². The Balaban J connectivity index is 1.45. The highest BCUT2D eigenvalue weighted by atomic mass is 16.6. The molecule has 1 fully saturated rings. The van der Waals surface area contributed by atoms with Crippen molar-refractivity contribution in [2.45, 2.75) is 46.1 Å². The number of imidazole rings is 1. The summed E-state index contributed by atoms with van der Waals surface area (Å²) in [6, 6.07) is 7.73. The average molecular weight is 449 g/mol. The van der Waals surface area contributed by atoms with E-state index in [0.717, 1.165) is 43.3 Å². The van der Waals surface area contributed by atoms with Crippen LogP contribution >= 0.6 is 0 Å². The lowest BCUT2D eigenvalue weighted by Crippen LogP contribution is -2.36. The number of rotatable bonds is 5. The van der Waals surface area contributed by atoms with Crippen molar-refractivity contribution in [3.05, 3.63) is 42.5 Å². The van der Waals surface area contributed by atoms with Crippen LogP contribution in [-0.2, 0) is 11.3 Å². The zero-order valence-electron chi connectivity index (χ0n) is 19.0. The van der Waals surface area contributed by atoms with E-state index in [0.29, 0.717) is 37.0 Å². The molecule has 9 heteroatoms. The number of hydrogen-bond donors (Lipinski definition) is 0. The number of ether oxygens (including phenoxy) is 2. The van der Waals surface area contributed by atoms with Crippen molar-refractivity contribution in [1.29, 1.82) is 5.26 Å². The number of nitrogens with zero attached hydrogens (tertiary/aromatic N) is 6. The Bertz CT molecular complexity index is 1150. The van der Waals surface area contributed by atoms with Crippen LogP contribution in [0.3, 0.4) is 0 Å². The molecule has 1 atom stereocenters. The second kappa shape index (κ2) is 9.86. The van der Waals surface area contributed by atoms with Crippen molar-refractivity contribution in [3.63, 3.8) is 0 Å². The highest BCUT2D eigenvalue weighted by Crippen LogP contribution is 2.33. The third-order valence-electron chi connectivity index (χ3n) is 6.05. The molecule has 0 saturated carbocycles. The summed E-state index contributed by atoms with van der Waals surface area (Å²) in [7, 11) is 0. The number of cyclic esters (lactones) is 1. The summed E-state index contributed by atoms with van der Waals surface area (Å²) in [6.45, 7) is 6.17. The fourth-order valence-electron chi connectivity index (χ4n) is 4.20. The van der Waals surface area contributed by atoms with E-state index in [9.17, 15) is 10.1 Å². The minimum atomic E-state index is -0.413. The predicted octanol–water partition coefficient (Wildman–Crippen LogP) is 4.32. The normalized spacial score (nSPS) is 19.7. The first-order valence-electron chi connectivity index (χ1n) is 11.3. The van der Waals surface area contributed by atoms with Crippen molar-refractivity contribution >= 4 is 22.9 Å². The first-order chi connectivity index (χ1) is 16.0. The number of carbonyl (C=O) groups is 1. The summed E-state index contributed by atoms with van der Waals surface area (Å²) in [5.74, 6) is 0.894. The zero-order chi connectivity index (χ0) is 23.3. The van der Waals surface area contributed by atoms with Crippen molar-refractivity contribution in [3.8, 4) is 11.9 Å². The van der Waals surface area contributed by atoms with Crippen LogP contribution in [0.2, 0.25) is 0 Å². The Labute approximate surface area is 193 Å². The molecular formula is C24H28N6O3. The lowest BCUT2D eigenvalue weighted by molar-refractivity contribution is 0.115. The molecule has 1 saturated heterocycles. The highest BCUT2D eigenvalue weighted by Gasteiger charge is 2.29. The van der Waals surface area contributed by atoms with Gasteiger partial charge in [0.1, 0.15) is 0 Å². The van der Waals surface area contributed by atoms with E-state index in [1.165, 1.54) is 11.1 Å². The minimum absolute atomic E-state index is 0.0718. The summed E-state index contributed by atoms with van der Waals surface area (Å²) in [5, 5.41) is 9.24. The maximum Gasteiger partial charge on any atom is 0.415 e. The van der Waals surface area contributed by atoms with Gasteiger partial charge >= 0.3 is 6.09 Å². The molecule has 1 aliphatic rings. The molecule has 0 radical (unpaired) electrons. The second-order valence-electron chi connectivity index (χ2n) is 8.62. The van der Waals surface area contributed by atoms with Crippen molar-refractivity contribution in [1.82, 2.24) is 19.5 Å². The van der Waals surface area contributed by atoms with Gasteiger partial charge in [-0.15, -0.1) is 0 Å². The van der Waals surface area contributed by atoms with Crippen LogP contribution in [0, 0.1) is 16.7 Å². The smallest absolute Gasteiger partial charge is 0.415 e. The molecule has 1 amide bonds. The topological polar surface area (TPSA) is 106 Å². The molecule has 0 N–H and O–H groups in total. The molecule has 33 heavy (non-hydrogen) atoms. The van der Waals surface area contributed by atoms with Gasteiger partial charge in [-0.1, -0.05) is 13.3 Å². The van der Waals surface area contributed by atoms with E-state index in [1.54, 1.807) is 12.3 Å². The molecule has 1 aromatic carbocycles. The molecule has 0 unspecified atom stereocenters. The van der Waals surface area contributed by atoms with Crippen LogP contribution in [0.1, 0.15) is 45.1 Å². The molecular weight excluding hydrogens is 420 g/mol. The minimum Gasteiger partial charge on any atom is -0.477 e. The van der Waals surface area contributed by atoms with Gasteiger partial charge < -0.3 is 14.0 Å². The number of carbonyl (C=O) groups excluding carboxylic acids is 1. The third-order valence-corrected chi connectivity index (χ3v) is 6.05. The molecule has 0 spiro atoms. The van der Waals surface area contributed by atoms with Crippen molar-refractivity contribution < 1.29 is 14.3 Å². The van der Waals surface area contributed by atoms with Gasteiger partial charge in [0.05, 0.1) is 54.6 Å². The predicted molar refractivity (Wildman–Crippen MR) is 123 cm³/mol. The van der Waals surface area contributed by atoms with E-state index >= 15 is 0 Å². The van der Waals surface area contributed by atoms with Crippen LogP contribution in [0.15, 0.2) is 36.9 Å². The molecule has 4 rings (SSSR count). The quantitative estimate of drug-likeness (QED) is 0.572. The van der Waals surface area contributed by atoms with Gasteiger partial charge in [-0.25, -0.2) is 19.7 Å². The van der Waals surface area contributed by atoms with E-state index in [4.69, 9.17) is 9.47 Å². The van der Waals surface area contributed by atoms with Crippen LogP contribution in [-0.4, -0.2) is 45.4 Å². The fraction of sp³-hybridized carbons (Fsp3) is 0.458. The van der Waals surface area contributed by atoms with Crippen LogP contribution < -0.4 is 9.64 Å². The number of hydrogen-bond acceptors (Lipinski definition) is 7. The number of aromatic nitrogens is 4. The lowest BCUT2D eigenvalue weighted by Gasteiger charge is -2.32. The number of benzene rings is 1. The van der Waals surface area contributed by atoms with E-state index in [1.807, 2.05) is 25.4 Å².